The summed E-state index contributed by atoms with van der Waals surface area (Å²) in [6.07, 6.45) is 11.4. The summed E-state index contributed by atoms with van der Waals surface area (Å²) in [5, 5.41) is 2.61. The standard InChI is InChI=1S/C51H49N/c1-51(2)48-12-6-11-44(43-10-5-8-34-7-3-4-9-42(34)43)50(48)45-26-25-41(31-49(45)51)52(39-21-17-35(18-22-39)46-29-32-13-15-37(46)27-32)40-23-19-36(20-24-40)47-30-33-14-16-38(47)28-33/h3-12,17-26,31-33,37-38,46-47H,13-16,27-30H2,1-2H3. The van der Waals surface area contributed by atoms with E-state index in [0.29, 0.717) is 0 Å². The largest absolute Gasteiger partial charge is 0.310 e. The number of hydrogen-bond acceptors (Lipinski definition) is 1. The van der Waals surface area contributed by atoms with Gasteiger partial charge < -0.3 is 4.90 Å². The maximum absolute atomic E-state index is 2.53. The highest BCUT2D eigenvalue weighted by Gasteiger charge is 2.42. The number of nitrogens with zero attached hydrogens (tertiary/aromatic N) is 1. The molecule has 6 atom stereocenters. The van der Waals surface area contributed by atoms with Gasteiger partial charge in [-0.3, -0.25) is 0 Å². The molecule has 1 heteroatoms. The van der Waals surface area contributed by atoms with E-state index >= 15 is 0 Å². The highest BCUT2D eigenvalue weighted by Crippen LogP contribution is 2.56. The molecule has 4 fully saturated rings. The molecule has 0 spiro atoms. The molecule has 4 bridgehead atoms. The summed E-state index contributed by atoms with van der Waals surface area (Å²) in [6.45, 7) is 4.85. The highest BCUT2D eigenvalue weighted by atomic mass is 15.1. The van der Waals surface area contributed by atoms with Gasteiger partial charge >= 0.3 is 0 Å². The van der Waals surface area contributed by atoms with E-state index in [9.17, 15) is 0 Å². The van der Waals surface area contributed by atoms with Crippen molar-refractivity contribution in [3.8, 4) is 22.3 Å². The van der Waals surface area contributed by atoms with Gasteiger partial charge in [0.2, 0.25) is 0 Å². The summed E-state index contributed by atoms with van der Waals surface area (Å²) in [4.78, 5) is 2.53. The second kappa shape index (κ2) is 11.7. The fourth-order valence-corrected chi connectivity index (χ4v) is 12.1. The Morgan fingerprint density at radius 1 is 0.481 bits per heavy atom. The molecule has 0 N–H and O–H groups in total. The average molecular weight is 676 g/mol. The molecule has 0 radical (unpaired) electrons. The van der Waals surface area contributed by atoms with Crippen molar-refractivity contribution in [1.82, 2.24) is 0 Å². The van der Waals surface area contributed by atoms with Gasteiger partial charge in [0.05, 0.1) is 0 Å². The normalized spacial score (nSPS) is 26.2. The smallest absolute Gasteiger partial charge is 0.0465 e. The van der Waals surface area contributed by atoms with E-state index in [4.69, 9.17) is 0 Å². The quantitative estimate of drug-likeness (QED) is 0.170. The molecule has 1 nitrogen and oxygen atoms in total. The lowest BCUT2D eigenvalue weighted by molar-refractivity contribution is 0.420. The van der Waals surface area contributed by atoms with Gasteiger partial charge in [0.25, 0.3) is 0 Å². The number of hydrogen-bond donors (Lipinski definition) is 0. The Balaban J connectivity index is 1.01. The Morgan fingerprint density at radius 3 is 1.67 bits per heavy atom. The Labute approximate surface area is 309 Å². The second-order valence-corrected chi connectivity index (χ2v) is 17.7. The van der Waals surface area contributed by atoms with E-state index in [1.807, 2.05) is 0 Å². The fourth-order valence-electron chi connectivity index (χ4n) is 12.1. The van der Waals surface area contributed by atoms with Crippen molar-refractivity contribution in [2.45, 2.75) is 82.5 Å². The van der Waals surface area contributed by atoms with E-state index < -0.39 is 0 Å². The van der Waals surface area contributed by atoms with Crippen molar-refractivity contribution >= 4 is 27.8 Å². The third-order valence-electron chi connectivity index (χ3n) is 14.7. The molecule has 52 heavy (non-hydrogen) atoms. The maximum atomic E-state index is 2.53. The van der Waals surface area contributed by atoms with Gasteiger partial charge in [-0.05, 0) is 166 Å². The van der Waals surface area contributed by atoms with E-state index in [1.165, 1.54) is 113 Å². The Hall–Kier alpha value is -4.62. The topological polar surface area (TPSA) is 3.24 Å². The lowest BCUT2D eigenvalue weighted by Crippen LogP contribution is -2.17. The third kappa shape index (κ3) is 4.74. The zero-order valence-corrected chi connectivity index (χ0v) is 30.7. The highest BCUT2D eigenvalue weighted by molar-refractivity contribution is 6.03. The Morgan fingerprint density at radius 2 is 1.06 bits per heavy atom. The first-order valence-electron chi connectivity index (χ1n) is 20.3. The maximum Gasteiger partial charge on any atom is 0.0465 e. The molecule has 0 heterocycles. The van der Waals surface area contributed by atoms with Gasteiger partial charge in [-0.1, -0.05) is 118 Å². The molecular weight excluding hydrogens is 627 g/mol. The summed E-state index contributed by atoms with van der Waals surface area (Å²) in [5.41, 5.74) is 15.0. The van der Waals surface area contributed by atoms with Crippen LogP contribution in [0, 0.1) is 23.7 Å². The van der Waals surface area contributed by atoms with Crippen molar-refractivity contribution in [2.24, 2.45) is 23.7 Å². The van der Waals surface area contributed by atoms with E-state index in [-0.39, 0.29) is 5.41 Å². The van der Waals surface area contributed by atoms with Crippen LogP contribution in [0.15, 0.2) is 127 Å². The molecular formula is C51H49N. The van der Waals surface area contributed by atoms with Crippen LogP contribution >= 0.6 is 0 Å². The van der Waals surface area contributed by atoms with Crippen molar-refractivity contribution in [3.05, 3.63) is 150 Å². The molecule has 4 saturated carbocycles. The van der Waals surface area contributed by atoms with Gasteiger partial charge in [-0.15, -0.1) is 0 Å². The van der Waals surface area contributed by atoms with Crippen molar-refractivity contribution in [1.29, 1.82) is 0 Å². The van der Waals surface area contributed by atoms with Gasteiger partial charge in [0.1, 0.15) is 0 Å². The molecule has 0 aliphatic heterocycles. The molecule has 5 aliphatic carbocycles. The lowest BCUT2D eigenvalue weighted by atomic mass is 9.81. The lowest BCUT2D eigenvalue weighted by Gasteiger charge is -2.29. The van der Waals surface area contributed by atoms with Crippen molar-refractivity contribution < 1.29 is 0 Å². The van der Waals surface area contributed by atoms with E-state index in [1.54, 1.807) is 11.1 Å². The molecule has 6 unspecified atom stereocenters. The van der Waals surface area contributed by atoms with Crippen LogP contribution in [0.25, 0.3) is 33.0 Å². The minimum absolute atomic E-state index is 0.121. The molecule has 5 aliphatic rings. The third-order valence-corrected chi connectivity index (χ3v) is 14.7. The van der Waals surface area contributed by atoms with Crippen LogP contribution in [-0.4, -0.2) is 0 Å². The molecule has 258 valence electrons. The zero-order valence-electron chi connectivity index (χ0n) is 30.7. The van der Waals surface area contributed by atoms with Crippen LogP contribution in [0.3, 0.4) is 0 Å². The molecule has 6 aromatic carbocycles. The first-order chi connectivity index (χ1) is 25.5. The monoisotopic (exact) mass is 675 g/mol. The Bertz CT molecular complexity index is 2250. The molecule has 0 saturated heterocycles. The summed E-state index contributed by atoms with van der Waals surface area (Å²) >= 11 is 0. The van der Waals surface area contributed by atoms with E-state index in [0.717, 1.165) is 35.5 Å². The number of benzene rings is 6. The average Bonchev–Trinajstić information content (AvgIpc) is 4.04. The van der Waals surface area contributed by atoms with Crippen LogP contribution in [0.2, 0.25) is 0 Å². The predicted molar refractivity (Wildman–Crippen MR) is 218 cm³/mol. The first kappa shape index (κ1) is 31.0. The minimum atomic E-state index is -0.121. The Kier molecular flexibility index (Phi) is 6.96. The second-order valence-electron chi connectivity index (χ2n) is 17.7. The molecule has 0 aromatic heterocycles. The van der Waals surface area contributed by atoms with Crippen LogP contribution < -0.4 is 4.90 Å². The summed E-state index contributed by atoms with van der Waals surface area (Å²) in [6, 6.07) is 49.4. The summed E-state index contributed by atoms with van der Waals surface area (Å²) in [5.74, 6) is 5.20. The fraction of sp³-hybridized carbons (Fsp3) is 0.333. The van der Waals surface area contributed by atoms with Crippen LogP contribution in [-0.2, 0) is 5.41 Å². The first-order valence-corrected chi connectivity index (χ1v) is 20.3. The summed E-state index contributed by atoms with van der Waals surface area (Å²) < 4.78 is 0. The van der Waals surface area contributed by atoms with Crippen molar-refractivity contribution in [3.63, 3.8) is 0 Å². The number of rotatable bonds is 6. The molecule has 11 rings (SSSR count). The SMILES string of the molecule is CC1(C)c2cc(N(c3ccc(C4CC5CCC4C5)cc3)c3ccc(C4CC5CCC4C5)cc3)ccc2-c2c(-c3cccc4ccccc34)cccc21. The zero-order chi connectivity index (χ0) is 34.6. The van der Waals surface area contributed by atoms with Crippen LogP contribution in [0.4, 0.5) is 17.1 Å². The van der Waals surface area contributed by atoms with Crippen LogP contribution in [0.1, 0.15) is 99.3 Å². The van der Waals surface area contributed by atoms with Gasteiger partial charge in [-0.2, -0.15) is 0 Å². The number of anilines is 3. The van der Waals surface area contributed by atoms with Crippen molar-refractivity contribution in [2.75, 3.05) is 4.90 Å². The van der Waals surface area contributed by atoms with Gasteiger partial charge in [0, 0.05) is 22.5 Å². The molecule has 0 amide bonds. The van der Waals surface area contributed by atoms with Crippen LogP contribution in [0.5, 0.6) is 0 Å². The van der Waals surface area contributed by atoms with Gasteiger partial charge in [-0.25, -0.2) is 0 Å². The number of fused-ring (bicyclic) bond motifs is 8. The summed E-state index contributed by atoms with van der Waals surface area (Å²) in [7, 11) is 0. The van der Waals surface area contributed by atoms with E-state index in [2.05, 4.69) is 146 Å². The van der Waals surface area contributed by atoms with Gasteiger partial charge in [0.15, 0.2) is 0 Å². The molecule has 6 aromatic rings. The minimum Gasteiger partial charge on any atom is -0.310 e. The predicted octanol–water partition coefficient (Wildman–Crippen LogP) is 14.1.